The number of urea groups is 1. The second kappa shape index (κ2) is 5.69. The van der Waals surface area contributed by atoms with Crippen molar-refractivity contribution in [2.24, 2.45) is 5.41 Å². The minimum atomic E-state index is -1.06. The van der Waals surface area contributed by atoms with E-state index in [9.17, 15) is 9.59 Å². The monoisotopic (exact) mass is 265 g/mol. The first kappa shape index (κ1) is 14.9. The molecule has 6 heteroatoms. The molecule has 0 fully saturated rings. The molecule has 0 aliphatic rings. The van der Waals surface area contributed by atoms with Crippen LogP contribution < -0.4 is 10.6 Å². The smallest absolute Gasteiger partial charge is 0.326 e. The zero-order valence-corrected chi connectivity index (χ0v) is 11.5. The van der Waals surface area contributed by atoms with Crippen LogP contribution in [-0.4, -0.2) is 28.1 Å². The van der Waals surface area contributed by atoms with Gasteiger partial charge < -0.3 is 15.7 Å². The quantitative estimate of drug-likeness (QED) is 0.779. The Kier molecular flexibility index (Phi) is 4.47. The minimum Gasteiger partial charge on any atom is -0.480 e. The van der Waals surface area contributed by atoms with E-state index in [0.717, 1.165) is 5.56 Å². The summed E-state index contributed by atoms with van der Waals surface area (Å²) in [5.74, 6) is -1.06. The molecule has 0 aromatic carbocycles. The Balaban J connectivity index is 2.75. The van der Waals surface area contributed by atoms with E-state index in [2.05, 4.69) is 15.6 Å². The molecule has 2 amide bonds. The van der Waals surface area contributed by atoms with E-state index >= 15 is 0 Å². The molecular weight excluding hydrogens is 246 g/mol. The number of carboxylic acids is 1. The Morgan fingerprint density at radius 1 is 1.37 bits per heavy atom. The first-order valence-corrected chi connectivity index (χ1v) is 5.92. The highest BCUT2D eigenvalue weighted by atomic mass is 16.4. The van der Waals surface area contributed by atoms with Gasteiger partial charge in [0.1, 0.15) is 6.04 Å². The van der Waals surface area contributed by atoms with Crippen LogP contribution in [0.4, 0.5) is 10.5 Å². The minimum absolute atomic E-state index is 0.554. The third-order valence-corrected chi connectivity index (χ3v) is 2.68. The Morgan fingerprint density at radius 3 is 2.47 bits per heavy atom. The molecule has 0 spiro atoms. The number of amides is 2. The van der Waals surface area contributed by atoms with Crippen molar-refractivity contribution in [2.45, 2.75) is 33.7 Å². The molecule has 6 nitrogen and oxygen atoms in total. The molecule has 0 saturated heterocycles. The lowest BCUT2D eigenvalue weighted by Gasteiger charge is -2.27. The number of nitrogens with zero attached hydrogens (tertiary/aromatic N) is 1. The van der Waals surface area contributed by atoms with Gasteiger partial charge in [0.2, 0.25) is 0 Å². The van der Waals surface area contributed by atoms with Crippen LogP contribution in [0.25, 0.3) is 0 Å². The molecule has 0 aliphatic carbocycles. The molecule has 1 atom stereocenters. The number of aliphatic carboxylic acids is 1. The lowest BCUT2D eigenvalue weighted by atomic mass is 9.87. The number of aromatic nitrogens is 1. The van der Waals surface area contributed by atoms with Gasteiger partial charge in [-0.25, -0.2) is 9.59 Å². The molecule has 0 radical (unpaired) electrons. The highest BCUT2D eigenvalue weighted by Gasteiger charge is 2.32. The van der Waals surface area contributed by atoms with Crippen LogP contribution in [0.3, 0.4) is 0 Å². The number of carbonyl (C=O) groups excluding carboxylic acids is 1. The first-order valence-electron chi connectivity index (χ1n) is 5.92. The lowest BCUT2D eigenvalue weighted by Crippen LogP contribution is -2.50. The predicted molar refractivity (Wildman–Crippen MR) is 72.0 cm³/mol. The number of hydrogen-bond acceptors (Lipinski definition) is 3. The molecule has 0 aliphatic heterocycles. The second-order valence-electron chi connectivity index (χ2n) is 5.43. The molecule has 0 saturated carbocycles. The van der Waals surface area contributed by atoms with Crippen LogP contribution >= 0.6 is 0 Å². The van der Waals surface area contributed by atoms with Crippen molar-refractivity contribution < 1.29 is 14.7 Å². The zero-order chi connectivity index (χ0) is 14.6. The van der Waals surface area contributed by atoms with E-state index in [-0.39, 0.29) is 0 Å². The van der Waals surface area contributed by atoms with Crippen molar-refractivity contribution >= 4 is 17.7 Å². The van der Waals surface area contributed by atoms with Crippen molar-refractivity contribution in [1.82, 2.24) is 10.3 Å². The number of nitrogens with one attached hydrogen (secondary N) is 2. The van der Waals surface area contributed by atoms with Crippen molar-refractivity contribution in [3.05, 3.63) is 24.0 Å². The Labute approximate surface area is 112 Å². The van der Waals surface area contributed by atoms with Gasteiger partial charge in [-0.1, -0.05) is 20.8 Å². The summed E-state index contributed by atoms with van der Waals surface area (Å²) in [6.45, 7) is 7.08. The molecule has 1 aromatic heterocycles. The van der Waals surface area contributed by atoms with Gasteiger partial charge in [-0.05, 0) is 24.0 Å². The largest absolute Gasteiger partial charge is 0.480 e. The van der Waals surface area contributed by atoms with Gasteiger partial charge in [0.15, 0.2) is 0 Å². The van der Waals surface area contributed by atoms with Crippen LogP contribution in [0.15, 0.2) is 18.5 Å². The van der Waals surface area contributed by atoms with Gasteiger partial charge >= 0.3 is 12.0 Å². The van der Waals surface area contributed by atoms with Crippen LogP contribution in [0.1, 0.15) is 26.3 Å². The molecule has 1 aromatic rings. The number of carboxylic acid groups (broad SMARTS) is 1. The molecule has 1 rings (SSSR count). The number of rotatable bonds is 3. The maximum atomic E-state index is 11.8. The van der Waals surface area contributed by atoms with Gasteiger partial charge in [0, 0.05) is 6.20 Å². The number of hydrogen-bond donors (Lipinski definition) is 3. The van der Waals surface area contributed by atoms with E-state index in [1.165, 1.54) is 6.20 Å². The summed E-state index contributed by atoms with van der Waals surface area (Å²) in [5.41, 5.74) is 0.832. The van der Waals surface area contributed by atoms with E-state index in [1.54, 1.807) is 33.0 Å². The average Bonchev–Trinajstić information content (AvgIpc) is 2.27. The molecule has 104 valence electrons. The molecule has 1 heterocycles. The molecule has 3 N–H and O–H groups in total. The fourth-order valence-electron chi connectivity index (χ4n) is 1.53. The van der Waals surface area contributed by atoms with Crippen LogP contribution in [0.2, 0.25) is 0 Å². The fraction of sp³-hybridized carbons (Fsp3) is 0.462. The van der Waals surface area contributed by atoms with Crippen LogP contribution in [-0.2, 0) is 4.79 Å². The first-order chi connectivity index (χ1) is 8.71. The molecule has 0 unspecified atom stereocenters. The average molecular weight is 265 g/mol. The maximum Gasteiger partial charge on any atom is 0.326 e. The molecular formula is C13H19N3O3. The third kappa shape index (κ3) is 4.24. The summed E-state index contributed by atoms with van der Waals surface area (Å²) >= 11 is 0. The summed E-state index contributed by atoms with van der Waals surface area (Å²) in [4.78, 5) is 26.9. The highest BCUT2D eigenvalue weighted by Crippen LogP contribution is 2.19. The standard InChI is InChI=1S/C13H19N3O3/c1-8-5-6-14-7-9(8)15-12(19)16-10(11(17)18)13(2,3)4/h5-7,10H,1-4H3,(H,17,18)(H2,15,16,19)/t10-/m1/s1. The highest BCUT2D eigenvalue weighted by molar-refractivity contribution is 5.92. The molecule has 19 heavy (non-hydrogen) atoms. The normalized spacial score (nSPS) is 12.6. The van der Waals surface area contributed by atoms with E-state index in [0.29, 0.717) is 5.69 Å². The SMILES string of the molecule is Cc1ccncc1NC(=O)N[C@H](C(=O)O)C(C)(C)C. The topological polar surface area (TPSA) is 91.3 Å². The number of pyridine rings is 1. The van der Waals surface area contributed by atoms with Crippen molar-refractivity contribution in [3.8, 4) is 0 Å². The van der Waals surface area contributed by atoms with Crippen molar-refractivity contribution in [2.75, 3.05) is 5.32 Å². The van der Waals surface area contributed by atoms with Crippen molar-refractivity contribution in [3.63, 3.8) is 0 Å². The van der Waals surface area contributed by atoms with E-state index < -0.39 is 23.5 Å². The van der Waals surface area contributed by atoms with Gasteiger partial charge in [-0.2, -0.15) is 0 Å². The van der Waals surface area contributed by atoms with Gasteiger partial charge in [-0.3, -0.25) is 4.98 Å². The van der Waals surface area contributed by atoms with Gasteiger partial charge in [0.25, 0.3) is 0 Å². The predicted octanol–water partition coefficient (Wildman–Crippen LogP) is 2.01. The Hall–Kier alpha value is -2.11. The lowest BCUT2D eigenvalue weighted by molar-refractivity contribution is -0.141. The van der Waals surface area contributed by atoms with Crippen LogP contribution in [0, 0.1) is 12.3 Å². The third-order valence-electron chi connectivity index (χ3n) is 2.68. The summed E-state index contributed by atoms with van der Waals surface area (Å²) < 4.78 is 0. The van der Waals surface area contributed by atoms with Crippen molar-refractivity contribution in [1.29, 1.82) is 0 Å². The van der Waals surface area contributed by atoms with Crippen LogP contribution in [0.5, 0.6) is 0 Å². The van der Waals surface area contributed by atoms with E-state index in [1.807, 2.05) is 6.92 Å². The Morgan fingerprint density at radius 2 is 2.00 bits per heavy atom. The van der Waals surface area contributed by atoms with E-state index in [4.69, 9.17) is 5.11 Å². The maximum absolute atomic E-state index is 11.8. The summed E-state index contributed by atoms with van der Waals surface area (Å²) in [7, 11) is 0. The second-order valence-corrected chi connectivity index (χ2v) is 5.43. The number of aryl methyl sites for hydroxylation is 1. The Bertz CT molecular complexity index is 480. The molecule has 0 bridgehead atoms. The van der Waals surface area contributed by atoms with Gasteiger partial charge in [-0.15, -0.1) is 0 Å². The summed E-state index contributed by atoms with van der Waals surface area (Å²) in [6.07, 6.45) is 3.13. The van der Waals surface area contributed by atoms with Gasteiger partial charge in [0.05, 0.1) is 11.9 Å². The fourth-order valence-corrected chi connectivity index (χ4v) is 1.53. The number of carbonyl (C=O) groups is 2. The zero-order valence-electron chi connectivity index (χ0n) is 11.5. The summed E-state index contributed by atoms with van der Waals surface area (Å²) in [5, 5.41) is 14.2. The summed E-state index contributed by atoms with van der Waals surface area (Å²) in [6, 6.07) is 0.233. The number of anilines is 1.